The Kier molecular flexibility index (Phi) is 7.96. The van der Waals surface area contributed by atoms with Gasteiger partial charge in [0, 0.05) is 18.8 Å². The maximum absolute atomic E-state index is 11.9. The average molecular weight is 468 g/mol. The van der Waals surface area contributed by atoms with Crippen LogP contribution in [0.3, 0.4) is 0 Å². The topological polar surface area (TPSA) is 83.9 Å². The molecule has 7 heteroatoms. The lowest BCUT2D eigenvalue weighted by Crippen LogP contribution is -2.38. The van der Waals surface area contributed by atoms with Crippen molar-refractivity contribution in [2.45, 2.75) is 32.2 Å². The van der Waals surface area contributed by atoms with Crippen LogP contribution in [0.2, 0.25) is 0 Å². The van der Waals surface area contributed by atoms with Crippen molar-refractivity contribution in [3.63, 3.8) is 0 Å². The number of aliphatic imine (C=N–C) groups is 1. The van der Waals surface area contributed by atoms with Crippen LogP contribution in [0.25, 0.3) is 0 Å². The van der Waals surface area contributed by atoms with Crippen molar-refractivity contribution in [2.75, 3.05) is 18.4 Å². The van der Waals surface area contributed by atoms with Gasteiger partial charge in [0.2, 0.25) is 0 Å². The molecule has 1 saturated heterocycles. The molecule has 0 aliphatic carbocycles. The first-order valence-electron chi connectivity index (χ1n) is 8.71. The lowest BCUT2D eigenvalue weighted by Gasteiger charge is -2.21. The van der Waals surface area contributed by atoms with Gasteiger partial charge in [-0.3, -0.25) is 4.79 Å². The van der Waals surface area contributed by atoms with Gasteiger partial charge in [0.05, 0.1) is 12.8 Å². The monoisotopic (exact) mass is 468 g/mol. The van der Waals surface area contributed by atoms with E-state index in [4.69, 9.17) is 10.2 Å². The van der Waals surface area contributed by atoms with Crippen molar-refractivity contribution in [3.05, 3.63) is 54.0 Å². The number of hydrogen-bond donors (Lipinski definition) is 2. The van der Waals surface area contributed by atoms with Gasteiger partial charge in [-0.05, 0) is 42.7 Å². The van der Waals surface area contributed by atoms with Crippen LogP contribution in [-0.2, 0) is 6.54 Å². The van der Waals surface area contributed by atoms with E-state index >= 15 is 0 Å². The molecule has 0 atom stereocenters. The summed E-state index contributed by atoms with van der Waals surface area (Å²) in [7, 11) is 0. The Bertz CT molecular complexity index is 706. The summed E-state index contributed by atoms with van der Waals surface area (Å²) in [5.41, 5.74) is 7.89. The summed E-state index contributed by atoms with van der Waals surface area (Å²) >= 11 is 0. The average Bonchev–Trinajstić information content (AvgIpc) is 3.03. The summed E-state index contributed by atoms with van der Waals surface area (Å²) in [5.74, 6) is 0.650. The highest BCUT2D eigenvalue weighted by Gasteiger charge is 2.11. The molecular formula is C19H25IN4O2. The molecule has 140 valence electrons. The van der Waals surface area contributed by atoms with Crippen molar-refractivity contribution in [1.82, 2.24) is 4.90 Å². The molecule has 3 rings (SSSR count). The van der Waals surface area contributed by atoms with Gasteiger partial charge in [0.1, 0.15) is 0 Å². The minimum absolute atomic E-state index is 0. The summed E-state index contributed by atoms with van der Waals surface area (Å²) < 4.78 is 5.07. The number of carbonyl (C=O) groups is 1. The van der Waals surface area contributed by atoms with E-state index in [9.17, 15) is 4.79 Å². The third-order valence-electron chi connectivity index (χ3n) is 4.31. The van der Waals surface area contributed by atoms with E-state index in [1.54, 1.807) is 12.1 Å². The molecule has 0 spiro atoms. The molecule has 0 saturated carbocycles. The van der Waals surface area contributed by atoms with Gasteiger partial charge < -0.3 is 20.4 Å². The van der Waals surface area contributed by atoms with Crippen LogP contribution in [0.5, 0.6) is 0 Å². The highest BCUT2D eigenvalue weighted by Crippen LogP contribution is 2.13. The minimum atomic E-state index is -0.263. The number of carbonyl (C=O) groups excluding carboxylic acids is 1. The van der Waals surface area contributed by atoms with Crippen LogP contribution < -0.4 is 11.1 Å². The van der Waals surface area contributed by atoms with Gasteiger partial charge in [-0.15, -0.1) is 24.0 Å². The third kappa shape index (κ3) is 5.76. The molecule has 1 aliphatic heterocycles. The first-order chi connectivity index (χ1) is 12.2. The molecule has 3 N–H and O–H groups in total. The predicted molar refractivity (Wildman–Crippen MR) is 114 cm³/mol. The van der Waals surface area contributed by atoms with E-state index in [0.717, 1.165) is 24.3 Å². The number of hydrogen-bond acceptors (Lipinski definition) is 3. The second kappa shape index (κ2) is 10.2. The SMILES string of the molecule is I.NC(=NCc1ccc(NC(=O)c2ccco2)cc1)N1CCCCCC1. The summed E-state index contributed by atoms with van der Waals surface area (Å²) in [6, 6.07) is 10.9. The maximum atomic E-state index is 11.9. The highest BCUT2D eigenvalue weighted by atomic mass is 127. The van der Waals surface area contributed by atoms with Gasteiger partial charge >= 0.3 is 0 Å². The molecule has 1 aromatic heterocycles. The molecule has 1 amide bonds. The number of nitrogens with two attached hydrogens (primary N) is 1. The highest BCUT2D eigenvalue weighted by molar-refractivity contribution is 14.0. The largest absolute Gasteiger partial charge is 0.459 e. The van der Waals surface area contributed by atoms with Crippen LogP contribution in [0.15, 0.2) is 52.1 Å². The van der Waals surface area contributed by atoms with Gasteiger partial charge in [0.15, 0.2) is 11.7 Å². The van der Waals surface area contributed by atoms with Gasteiger partial charge in [-0.25, -0.2) is 4.99 Å². The number of anilines is 1. The standard InChI is InChI=1S/C19H24N4O2.HI/c20-19(23-11-3-1-2-4-12-23)21-14-15-7-9-16(10-8-15)22-18(24)17-6-5-13-25-17;/h5-10,13H,1-4,11-12,14H2,(H2,20,21)(H,22,24);1H. The Labute approximate surface area is 170 Å². The maximum Gasteiger partial charge on any atom is 0.291 e. The fourth-order valence-corrected chi connectivity index (χ4v) is 2.87. The molecule has 1 aromatic carbocycles. The van der Waals surface area contributed by atoms with E-state index in [1.165, 1.54) is 31.9 Å². The van der Waals surface area contributed by atoms with Gasteiger partial charge in [0.25, 0.3) is 5.91 Å². The number of benzene rings is 1. The first kappa shape index (κ1) is 20.3. The van der Waals surface area contributed by atoms with Crippen molar-refractivity contribution in [2.24, 2.45) is 10.7 Å². The molecule has 1 fully saturated rings. The van der Waals surface area contributed by atoms with Gasteiger partial charge in [-0.1, -0.05) is 25.0 Å². The third-order valence-corrected chi connectivity index (χ3v) is 4.31. The van der Waals surface area contributed by atoms with E-state index in [-0.39, 0.29) is 29.9 Å². The second-order valence-corrected chi connectivity index (χ2v) is 6.20. The van der Waals surface area contributed by atoms with Crippen molar-refractivity contribution < 1.29 is 9.21 Å². The number of likely N-dealkylation sites (tertiary alicyclic amines) is 1. The van der Waals surface area contributed by atoms with Crippen LogP contribution in [0.4, 0.5) is 5.69 Å². The normalized spacial score (nSPS) is 15.1. The summed E-state index contributed by atoms with van der Waals surface area (Å²) in [5, 5.41) is 2.79. The van der Waals surface area contributed by atoms with Crippen LogP contribution >= 0.6 is 24.0 Å². The van der Waals surface area contributed by atoms with Crippen molar-refractivity contribution in [1.29, 1.82) is 0 Å². The molecular weight excluding hydrogens is 443 g/mol. The molecule has 0 bridgehead atoms. The zero-order chi connectivity index (χ0) is 17.5. The number of nitrogens with one attached hydrogen (secondary N) is 1. The fourth-order valence-electron chi connectivity index (χ4n) is 2.87. The molecule has 2 aromatic rings. The lowest BCUT2D eigenvalue weighted by molar-refractivity contribution is 0.0996. The van der Waals surface area contributed by atoms with E-state index in [2.05, 4.69) is 15.2 Å². The van der Waals surface area contributed by atoms with E-state index < -0.39 is 0 Å². The molecule has 2 heterocycles. The number of rotatable bonds is 4. The molecule has 0 unspecified atom stereocenters. The number of amides is 1. The van der Waals surface area contributed by atoms with Crippen molar-refractivity contribution >= 4 is 41.5 Å². The zero-order valence-corrected chi connectivity index (χ0v) is 17.0. The lowest BCUT2D eigenvalue weighted by atomic mass is 10.2. The summed E-state index contributed by atoms with van der Waals surface area (Å²) in [4.78, 5) is 18.6. The number of guanidine groups is 1. The van der Waals surface area contributed by atoms with E-state index in [0.29, 0.717) is 18.3 Å². The predicted octanol–water partition coefficient (Wildman–Crippen LogP) is 3.84. The summed E-state index contributed by atoms with van der Waals surface area (Å²) in [6.07, 6.45) is 6.38. The Morgan fingerprint density at radius 3 is 2.42 bits per heavy atom. The molecule has 26 heavy (non-hydrogen) atoms. The van der Waals surface area contributed by atoms with Crippen LogP contribution in [0.1, 0.15) is 41.8 Å². The van der Waals surface area contributed by atoms with Crippen molar-refractivity contribution in [3.8, 4) is 0 Å². The smallest absolute Gasteiger partial charge is 0.291 e. The number of furan rings is 1. The zero-order valence-electron chi connectivity index (χ0n) is 14.7. The Morgan fingerprint density at radius 2 is 1.81 bits per heavy atom. The molecule has 1 aliphatic rings. The second-order valence-electron chi connectivity index (χ2n) is 6.20. The number of nitrogens with zero attached hydrogens (tertiary/aromatic N) is 2. The Hall–Kier alpha value is -2.03. The summed E-state index contributed by atoms with van der Waals surface area (Å²) in [6.45, 7) is 2.52. The van der Waals surface area contributed by atoms with Crippen LogP contribution in [-0.4, -0.2) is 29.9 Å². The first-order valence-corrected chi connectivity index (χ1v) is 8.71. The molecule has 6 nitrogen and oxygen atoms in total. The van der Waals surface area contributed by atoms with Crippen LogP contribution in [0, 0.1) is 0 Å². The quantitative estimate of drug-likeness (QED) is 0.406. The van der Waals surface area contributed by atoms with E-state index in [1.807, 2.05) is 24.3 Å². The molecule has 0 radical (unpaired) electrons. The van der Waals surface area contributed by atoms with Gasteiger partial charge in [-0.2, -0.15) is 0 Å². The Morgan fingerprint density at radius 1 is 1.12 bits per heavy atom. The number of halogens is 1. The Balaban J connectivity index is 0.00000243. The fraction of sp³-hybridized carbons (Fsp3) is 0.368. The minimum Gasteiger partial charge on any atom is -0.459 e.